The van der Waals surface area contributed by atoms with Crippen LogP contribution in [0.4, 0.5) is 0 Å². The van der Waals surface area contributed by atoms with E-state index in [0.29, 0.717) is 17.4 Å². The molecule has 0 aliphatic carbocycles. The Hall–Kier alpha value is -2.14. The Bertz CT molecular complexity index is 569. The van der Waals surface area contributed by atoms with Crippen LogP contribution in [0.3, 0.4) is 0 Å². The smallest absolute Gasteiger partial charge is 0.317 e. The van der Waals surface area contributed by atoms with Gasteiger partial charge in [-0.25, -0.2) is 0 Å². The molecule has 0 bridgehead atoms. The zero-order valence-corrected chi connectivity index (χ0v) is 12.7. The molecule has 0 spiro atoms. The average Bonchev–Trinajstić information content (AvgIpc) is 2.45. The molecule has 110 valence electrons. The Morgan fingerprint density at radius 3 is 2.81 bits per heavy atom. The van der Waals surface area contributed by atoms with Gasteiger partial charge in [0, 0.05) is 5.70 Å². The quantitative estimate of drug-likeness (QED) is 0.660. The molecule has 2 rings (SSSR count). The summed E-state index contributed by atoms with van der Waals surface area (Å²) in [5.74, 6) is -0.815. The van der Waals surface area contributed by atoms with Crippen molar-refractivity contribution in [3.8, 4) is 0 Å². The SMILES string of the molecule is C=C1NC(=S)NC(C=Cc2ccccc2)C1C(=O)OCC. The van der Waals surface area contributed by atoms with Crippen LogP contribution in [0, 0.1) is 5.92 Å². The number of hydrogen-bond acceptors (Lipinski definition) is 3. The van der Waals surface area contributed by atoms with Crippen LogP contribution < -0.4 is 10.6 Å². The normalized spacial score (nSPS) is 21.8. The minimum Gasteiger partial charge on any atom is -0.465 e. The molecule has 0 aromatic heterocycles. The van der Waals surface area contributed by atoms with Crippen LogP contribution in [-0.4, -0.2) is 23.7 Å². The first-order chi connectivity index (χ1) is 10.1. The molecule has 0 amide bonds. The highest BCUT2D eigenvalue weighted by atomic mass is 32.1. The van der Waals surface area contributed by atoms with Gasteiger partial charge in [0.15, 0.2) is 5.11 Å². The van der Waals surface area contributed by atoms with E-state index in [2.05, 4.69) is 17.2 Å². The Labute approximate surface area is 129 Å². The van der Waals surface area contributed by atoms with E-state index in [9.17, 15) is 4.79 Å². The third kappa shape index (κ3) is 3.92. The summed E-state index contributed by atoms with van der Waals surface area (Å²) in [5, 5.41) is 6.43. The van der Waals surface area contributed by atoms with Crippen LogP contribution in [-0.2, 0) is 9.53 Å². The summed E-state index contributed by atoms with van der Waals surface area (Å²) < 4.78 is 5.11. The fourth-order valence-corrected chi connectivity index (χ4v) is 2.44. The second kappa shape index (κ2) is 7.04. The summed E-state index contributed by atoms with van der Waals surface area (Å²) in [7, 11) is 0. The minimum absolute atomic E-state index is 0.273. The van der Waals surface area contributed by atoms with Crippen molar-refractivity contribution in [2.45, 2.75) is 13.0 Å². The number of hydrogen-bond donors (Lipinski definition) is 2. The predicted octanol–water partition coefficient (Wildman–Crippen LogP) is 2.24. The summed E-state index contributed by atoms with van der Waals surface area (Å²) in [5.41, 5.74) is 1.61. The Balaban J connectivity index is 2.19. The summed E-state index contributed by atoms with van der Waals surface area (Å²) in [6.45, 7) is 6.00. The fourth-order valence-electron chi connectivity index (χ4n) is 2.17. The third-order valence-corrected chi connectivity index (χ3v) is 3.36. The number of esters is 1. The summed E-state index contributed by atoms with van der Waals surface area (Å²) in [6.07, 6.45) is 3.86. The fraction of sp³-hybridized carbons (Fsp3) is 0.250. The first-order valence-corrected chi connectivity index (χ1v) is 7.19. The van der Waals surface area contributed by atoms with Gasteiger partial charge in [-0.05, 0) is 24.7 Å². The Kier molecular flexibility index (Phi) is 5.11. The lowest BCUT2D eigenvalue weighted by atomic mass is 9.94. The van der Waals surface area contributed by atoms with Crippen LogP contribution in [0.2, 0.25) is 0 Å². The van der Waals surface area contributed by atoms with Crippen LogP contribution in [0.1, 0.15) is 12.5 Å². The van der Waals surface area contributed by atoms with Crippen molar-refractivity contribution in [2.24, 2.45) is 5.92 Å². The minimum atomic E-state index is -0.503. The summed E-state index contributed by atoms with van der Waals surface area (Å²) in [6, 6.07) is 9.58. The van der Waals surface area contributed by atoms with Gasteiger partial charge in [-0.3, -0.25) is 4.79 Å². The molecule has 1 saturated heterocycles. The van der Waals surface area contributed by atoms with Crippen LogP contribution in [0.25, 0.3) is 6.08 Å². The monoisotopic (exact) mass is 302 g/mol. The topological polar surface area (TPSA) is 50.4 Å². The lowest BCUT2D eigenvalue weighted by molar-refractivity contribution is -0.147. The van der Waals surface area contributed by atoms with Crippen LogP contribution >= 0.6 is 12.2 Å². The van der Waals surface area contributed by atoms with E-state index in [0.717, 1.165) is 5.56 Å². The van der Waals surface area contributed by atoms with Gasteiger partial charge in [0.25, 0.3) is 0 Å². The molecule has 1 heterocycles. The molecule has 1 aliphatic heterocycles. The number of benzene rings is 1. The average molecular weight is 302 g/mol. The van der Waals surface area contributed by atoms with Crippen LogP contribution in [0.15, 0.2) is 48.7 Å². The molecule has 1 aromatic carbocycles. The van der Waals surface area contributed by atoms with Crippen molar-refractivity contribution in [1.29, 1.82) is 0 Å². The first kappa shape index (κ1) is 15.3. The zero-order chi connectivity index (χ0) is 15.2. The highest BCUT2D eigenvalue weighted by molar-refractivity contribution is 7.80. The lowest BCUT2D eigenvalue weighted by Gasteiger charge is -2.32. The van der Waals surface area contributed by atoms with E-state index in [4.69, 9.17) is 17.0 Å². The van der Waals surface area contributed by atoms with E-state index < -0.39 is 5.92 Å². The van der Waals surface area contributed by atoms with Crippen LogP contribution in [0.5, 0.6) is 0 Å². The maximum Gasteiger partial charge on any atom is 0.317 e. The van der Waals surface area contributed by atoms with Gasteiger partial charge in [0.2, 0.25) is 0 Å². The molecule has 4 nitrogen and oxygen atoms in total. The van der Waals surface area contributed by atoms with Crippen molar-refractivity contribution < 1.29 is 9.53 Å². The summed E-state index contributed by atoms with van der Waals surface area (Å²) in [4.78, 5) is 12.1. The van der Waals surface area contributed by atoms with Gasteiger partial charge in [0.1, 0.15) is 5.92 Å². The van der Waals surface area contributed by atoms with E-state index in [1.165, 1.54) is 0 Å². The molecule has 1 fully saturated rings. The first-order valence-electron chi connectivity index (χ1n) is 6.78. The number of ether oxygens (including phenoxy) is 1. The maximum atomic E-state index is 12.1. The molecular weight excluding hydrogens is 284 g/mol. The largest absolute Gasteiger partial charge is 0.465 e. The zero-order valence-electron chi connectivity index (χ0n) is 11.8. The number of carbonyl (C=O) groups excluding carboxylic acids is 1. The van der Waals surface area contributed by atoms with Gasteiger partial charge in [-0.1, -0.05) is 49.1 Å². The molecule has 0 radical (unpaired) electrons. The van der Waals surface area contributed by atoms with Gasteiger partial charge in [-0.2, -0.15) is 0 Å². The van der Waals surface area contributed by atoms with Gasteiger partial charge < -0.3 is 15.4 Å². The van der Waals surface area contributed by atoms with Gasteiger partial charge in [-0.15, -0.1) is 0 Å². The third-order valence-electron chi connectivity index (χ3n) is 3.14. The lowest BCUT2D eigenvalue weighted by Crippen LogP contribution is -2.54. The molecule has 2 N–H and O–H groups in total. The second-order valence-corrected chi connectivity index (χ2v) is 5.06. The predicted molar refractivity (Wildman–Crippen MR) is 87.4 cm³/mol. The molecule has 1 aromatic rings. The Morgan fingerprint density at radius 1 is 1.43 bits per heavy atom. The molecule has 2 unspecified atom stereocenters. The van der Waals surface area contributed by atoms with E-state index >= 15 is 0 Å². The number of rotatable bonds is 4. The standard InChI is InChI=1S/C16H18N2O2S/c1-3-20-15(19)14-11(2)17-16(21)18-13(14)10-9-12-7-5-4-6-8-12/h4-10,13-14H,2-3H2,1H3,(H2,17,18,21). The van der Waals surface area contributed by atoms with Gasteiger partial charge >= 0.3 is 5.97 Å². The molecule has 2 atom stereocenters. The van der Waals surface area contributed by atoms with Crippen molar-refractivity contribution in [3.63, 3.8) is 0 Å². The number of carbonyl (C=O) groups is 1. The second-order valence-electron chi connectivity index (χ2n) is 4.65. The van der Waals surface area contributed by atoms with E-state index in [1.54, 1.807) is 6.92 Å². The van der Waals surface area contributed by atoms with Crippen molar-refractivity contribution in [3.05, 3.63) is 54.2 Å². The Morgan fingerprint density at radius 2 is 2.14 bits per heavy atom. The van der Waals surface area contributed by atoms with Crippen molar-refractivity contribution >= 4 is 29.4 Å². The van der Waals surface area contributed by atoms with Gasteiger partial charge in [0.05, 0.1) is 12.6 Å². The number of thiocarbonyl (C=S) groups is 1. The number of nitrogens with one attached hydrogen (secondary N) is 2. The highest BCUT2D eigenvalue weighted by Crippen LogP contribution is 2.20. The molecule has 0 saturated carbocycles. The molecule has 21 heavy (non-hydrogen) atoms. The molecule has 1 aliphatic rings. The van der Waals surface area contributed by atoms with E-state index in [-0.39, 0.29) is 12.0 Å². The molecule has 5 heteroatoms. The van der Waals surface area contributed by atoms with Crippen molar-refractivity contribution in [2.75, 3.05) is 6.61 Å². The molecular formula is C16H18N2O2S. The van der Waals surface area contributed by atoms with E-state index in [1.807, 2.05) is 42.5 Å². The highest BCUT2D eigenvalue weighted by Gasteiger charge is 2.35. The maximum absolute atomic E-state index is 12.1. The van der Waals surface area contributed by atoms with Crippen molar-refractivity contribution in [1.82, 2.24) is 10.6 Å². The summed E-state index contributed by atoms with van der Waals surface area (Å²) >= 11 is 5.13.